The molecule has 1 saturated carbocycles. The lowest BCUT2D eigenvalue weighted by Crippen LogP contribution is -2.56. The number of ether oxygens (including phenoxy) is 1. The molecule has 192 valence electrons. The molecule has 9 nitrogen and oxygen atoms in total. The minimum Gasteiger partial charge on any atom is -0.497 e. The first-order valence-electron chi connectivity index (χ1n) is 11.8. The molecule has 1 aliphatic heterocycles. The summed E-state index contributed by atoms with van der Waals surface area (Å²) in [4.78, 5) is 42.2. The van der Waals surface area contributed by atoms with Crippen LogP contribution in [0.5, 0.6) is 5.75 Å². The van der Waals surface area contributed by atoms with Crippen molar-refractivity contribution in [3.63, 3.8) is 0 Å². The second-order valence-electron chi connectivity index (χ2n) is 9.01. The topological polar surface area (TPSA) is 117 Å². The second kappa shape index (κ2) is 10.9. The Kier molecular flexibility index (Phi) is 7.68. The highest BCUT2D eigenvalue weighted by Crippen LogP contribution is 2.24. The number of halogens is 2. The normalized spacial score (nSPS) is 21.7. The van der Waals surface area contributed by atoms with Crippen molar-refractivity contribution in [2.75, 3.05) is 25.5 Å². The molecule has 2 aliphatic rings. The number of hydrogen-bond donors (Lipinski definition) is 3. The fraction of sp³-hybridized carbons (Fsp3) is 0.400. The summed E-state index contributed by atoms with van der Waals surface area (Å²) in [6.45, 7) is 0.0586. The second-order valence-corrected chi connectivity index (χ2v) is 9.01. The average molecular weight is 502 g/mol. The van der Waals surface area contributed by atoms with Crippen molar-refractivity contribution in [3.05, 3.63) is 59.7 Å². The lowest BCUT2D eigenvalue weighted by Gasteiger charge is -2.32. The van der Waals surface area contributed by atoms with Gasteiger partial charge >= 0.3 is 6.03 Å². The average Bonchev–Trinajstić information content (AvgIpc) is 3.30. The molecule has 1 unspecified atom stereocenters. The third-order valence-electron chi connectivity index (χ3n) is 6.48. The van der Waals surface area contributed by atoms with E-state index in [4.69, 9.17) is 10.5 Å². The van der Waals surface area contributed by atoms with Gasteiger partial charge in [0.25, 0.3) is 11.8 Å². The molecule has 2 aromatic rings. The van der Waals surface area contributed by atoms with Gasteiger partial charge in [0.1, 0.15) is 17.4 Å². The van der Waals surface area contributed by atoms with Crippen molar-refractivity contribution in [3.8, 4) is 5.75 Å². The molecule has 2 aromatic carbocycles. The highest BCUT2D eigenvalue weighted by molar-refractivity contribution is 6.00. The zero-order valence-corrected chi connectivity index (χ0v) is 19.9. The number of amides is 4. The third-order valence-corrected chi connectivity index (χ3v) is 6.48. The summed E-state index contributed by atoms with van der Waals surface area (Å²) in [5.74, 6) is -2.59. The molecule has 0 aromatic heterocycles. The number of nitrogens with two attached hydrogens (primary N) is 1. The zero-order chi connectivity index (χ0) is 25.8. The van der Waals surface area contributed by atoms with E-state index in [0.29, 0.717) is 30.3 Å². The lowest BCUT2D eigenvalue weighted by atomic mass is 9.92. The van der Waals surface area contributed by atoms with Crippen LogP contribution in [-0.4, -0.2) is 66.1 Å². The molecule has 11 heteroatoms. The predicted octanol–water partition coefficient (Wildman–Crippen LogP) is 2.68. The Morgan fingerprint density at radius 1 is 0.972 bits per heavy atom. The van der Waals surface area contributed by atoms with Gasteiger partial charge in [0.15, 0.2) is 6.17 Å². The molecule has 2 fully saturated rings. The Bertz CT molecular complexity index is 1120. The van der Waals surface area contributed by atoms with Crippen LogP contribution in [-0.2, 0) is 4.79 Å². The summed E-state index contributed by atoms with van der Waals surface area (Å²) in [6, 6.07) is 8.50. The Hall–Kier alpha value is -3.73. The lowest BCUT2D eigenvalue weighted by molar-refractivity contribution is -0.128. The van der Waals surface area contributed by atoms with Crippen molar-refractivity contribution in [2.24, 2.45) is 5.73 Å². The van der Waals surface area contributed by atoms with E-state index in [0.717, 1.165) is 29.9 Å². The van der Waals surface area contributed by atoms with Gasteiger partial charge in [0, 0.05) is 48.6 Å². The molecule has 1 saturated heterocycles. The Morgan fingerprint density at radius 3 is 2.31 bits per heavy atom. The zero-order valence-electron chi connectivity index (χ0n) is 19.9. The van der Waals surface area contributed by atoms with Crippen LogP contribution in [0.4, 0.5) is 19.3 Å². The quantitative estimate of drug-likeness (QED) is 0.583. The van der Waals surface area contributed by atoms with Gasteiger partial charge in [-0.25, -0.2) is 13.6 Å². The maximum atomic E-state index is 13.8. The number of methoxy groups -OCH3 is 1. The summed E-state index contributed by atoms with van der Waals surface area (Å²) in [7, 11) is 1.50. The van der Waals surface area contributed by atoms with E-state index in [9.17, 15) is 23.2 Å². The number of nitrogens with one attached hydrogen (secondary N) is 2. The van der Waals surface area contributed by atoms with E-state index >= 15 is 0 Å². The van der Waals surface area contributed by atoms with Gasteiger partial charge < -0.3 is 26.0 Å². The number of carbonyl (C=O) groups is 3. The van der Waals surface area contributed by atoms with Crippen LogP contribution in [0.3, 0.4) is 0 Å². The van der Waals surface area contributed by atoms with E-state index < -0.39 is 35.6 Å². The molecular weight excluding hydrogens is 472 g/mol. The maximum absolute atomic E-state index is 13.8. The fourth-order valence-corrected chi connectivity index (χ4v) is 4.62. The van der Waals surface area contributed by atoms with Crippen LogP contribution in [0.15, 0.2) is 42.5 Å². The van der Waals surface area contributed by atoms with Crippen LogP contribution in [0.25, 0.3) is 0 Å². The van der Waals surface area contributed by atoms with Crippen LogP contribution < -0.4 is 21.1 Å². The first kappa shape index (κ1) is 25.4. The molecule has 36 heavy (non-hydrogen) atoms. The highest BCUT2D eigenvalue weighted by Gasteiger charge is 2.43. The molecular formula is C25H29F2N5O4. The van der Waals surface area contributed by atoms with E-state index in [1.54, 1.807) is 24.3 Å². The number of carbonyl (C=O) groups excluding carboxylic acids is 3. The molecule has 1 aliphatic carbocycles. The van der Waals surface area contributed by atoms with Crippen LogP contribution in [0, 0.1) is 11.6 Å². The molecule has 1 atom stereocenters. The summed E-state index contributed by atoms with van der Waals surface area (Å²) < 4.78 is 32.8. The third kappa shape index (κ3) is 5.73. The van der Waals surface area contributed by atoms with E-state index in [1.807, 2.05) is 0 Å². The van der Waals surface area contributed by atoms with Crippen molar-refractivity contribution in [1.29, 1.82) is 0 Å². The number of benzene rings is 2. The van der Waals surface area contributed by atoms with Crippen molar-refractivity contribution < 1.29 is 27.9 Å². The van der Waals surface area contributed by atoms with Gasteiger partial charge in [0.2, 0.25) is 0 Å². The Morgan fingerprint density at radius 2 is 1.64 bits per heavy atom. The van der Waals surface area contributed by atoms with E-state index in [2.05, 4.69) is 10.6 Å². The van der Waals surface area contributed by atoms with Gasteiger partial charge in [-0.3, -0.25) is 14.5 Å². The molecule has 1 heterocycles. The largest absolute Gasteiger partial charge is 0.497 e. The van der Waals surface area contributed by atoms with Crippen LogP contribution in [0.2, 0.25) is 0 Å². The van der Waals surface area contributed by atoms with Gasteiger partial charge in [-0.05, 0) is 49.9 Å². The maximum Gasteiger partial charge on any atom is 0.323 e. The van der Waals surface area contributed by atoms with Gasteiger partial charge in [0.05, 0.1) is 7.11 Å². The Balaban J connectivity index is 1.57. The van der Waals surface area contributed by atoms with Crippen LogP contribution in [0.1, 0.15) is 36.0 Å². The van der Waals surface area contributed by atoms with E-state index in [-0.39, 0.29) is 30.7 Å². The van der Waals surface area contributed by atoms with E-state index in [1.165, 1.54) is 12.0 Å². The van der Waals surface area contributed by atoms with Gasteiger partial charge in [-0.2, -0.15) is 0 Å². The highest BCUT2D eigenvalue weighted by atomic mass is 19.1. The number of anilines is 1. The molecule has 4 amide bonds. The molecule has 0 radical (unpaired) electrons. The number of hydrogen-bond acceptors (Lipinski definition) is 5. The number of nitrogens with zero attached hydrogens (tertiary/aromatic N) is 2. The summed E-state index contributed by atoms with van der Waals surface area (Å²) in [5, 5.41) is 5.65. The van der Waals surface area contributed by atoms with Crippen molar-refractivity contribution in [2.45, 2.75) is 43.9 Å². The van der Waals surface area contributed by atoms with Gasteiger partial charge in [-0.1, -0.05) is 6.07 Å². The monoisotopic (exact) mass is 501 g/mol. The molecule has 4 N–H and O–H groups in total. The van der Waals surface area contributed by atoms with Crippen molar-refractivity contribution >= 4 is 23.5 Å². The molecule has 0 bridgehead atoms. The minimum atomic E-state index is -1.30. The summed E-state index contributed by atoms with van der Waals surface area (Å²) in [6.07, 6.45) is 1.56. The minimum absolute atomic E-state index is 0.0100. The predicted molar refractivity (Wildman–Crippen MR) is 128 cm³/mol. The standard InChI is InChI=1S/C25H29F2N5O4/c1-36-21-4-2-3-20(14-21)30-25(35)32-10-9-31(24(34)15-11-16(26)13-17(27)12-15)23(32)22(33)29-19-7-5-18(28)6-8-19/h2-4,11-14,18-19,23H,5-10,28H2,1H3,(H,29,33)(H,30,35). The first-order chi connectivity index (χ1) is 17.2. The Labute approximate surface area is 207 Å². The summed E-state index contributed by atoms with van der Waals surface area (Å²) in [5.41, 5.74) is 6.15. The smallest absolute Gasteiger partial charge is 0.323 e. The fourth-order valence-electron chi connectivity index (χ4n) is 4.62. The van der Waals surface area contributed by atoms with Crippen molar-refractivity contribution in [1.82, 2.24) is 15.1 Å². The van der Waals surface area contributed by atoms with Gasteiger partial charge in [-0.15, -0.1) is 0 Å². The number of rotatable bonds is 5. The summed E-state index contributed by atoms with van der Waals surface area (Å²) >= 11 is 0. The molecule has 0 spiro atoms. The molecule has 4 rings (SSSR count). The SMILES string of the molecule is COc1cccc(NC(=O)N2CCN(C(=O)c3cc(F)cc(F)c3)C2C(=O)NC2CCC(N)CC2)c1. The first-order valence-corrected chi connectivity index (χ1v) is 11.8. The number of urea groups is 1. The van der Waals surface area contributed by atoms with Crippen LogP contribution >= 0.6 is 0 Å².